The molecule has 2 bridgehead atoms. The van der Waals surface area contributed by atoms with Crippen LogP contribution in [0.5, 0.6) is 0 Å². The van der Waals surface area contributed by atoms with E-state index in [4.69, 9.17) is 0 Å². The molecule has 0 aliphatic carbocycles. The number of carbonyl (C=O) groups excluding carboxylic acids is 1. The number of aromatic amines is 1. The fourth-order valence-electron chi connectivity index (χ4n) is 6.07. The second kappa shape index (κ2) is 6.21. The van der Waals surface area contributed by atoms with Gasteiger partial charge in [0.05, 0.1) is 17.1 Å². The third-order valence-corrected chi connectivity index (χ3v) is 7.30. The van der Waals surface area contributed by atoms with E-state index in [-0.39, 0.29) is 5.91 Å². The van der Waals surface area contributed by atoms with Crippen molar-refractivity contribution in [2.45, 2.75) is 30.8 Å². The number of para-hydroxylation sites is 1. The van der Waals surface area contributed by atoms with Crippen LogP contribution >= 0.6 is 0 Å². The first kappa shape index (κ1) is 16.4. The van der Waals surface area contributed by atoms with Crippen molar-refractivity contribution < 1.29 is 4.79 Å². The first-order chi connectivity index (χ1) is 13.8. The van der Waals surface area contributed by atoms with Crippen molar-refractivity contribution >= 4 is 16.8 Å². The summed E-state index contributed by atoms with van der Waals surface area (Å²) in [6.07, 6.45) is 4.37. The molecule has 142 valence electrons. The Morgan fingerprint density at radius 2 is 1.75 bits per heavy atom. The maximum absolute atomic E-state index is 13.8. The number of fused-ring (bicyclic) bond motifs is 3. The number of nitrogens with one attached hydrogen (secondary N) is 1. The molecule has 2 aromatic carbocycles. The number of amides is 1. The number of hydrogen-bond donors (Lipinski definition) is 1. The molecule has 3 aromatic rings. The summed E-state index contributed by atoms with van der Waals surface area (Å²) >= 11 is 0. The van der Waals surface area contributed by atoms with Crippen molar-refractivity contribution in [2.75, 3.05) is 19.6 Å². The van der Waals surface area contributed by atoms with Crippen LogP contribution < -0.4 is 0 Å². The minimum absolute atomic E-state index is 0.190. The number of rotatable bonds is 2. The second-order valence-corrected chi connectivity index (χ2v) is 8.58. The van der Waals surface area contributed by atoms with Crippen LogP contribution in [0.25, 0.3) is 10.9 Å². The van der Waals surface area contributed by atoms with E-state index in [0.29, 0.717) is 23.9 Å². The molecule has 1 N–H and O–H groups in total. The summed E-state index contributed by atoms with van der Waals surface area (Å²) in [5, 5.41) is 1.11. The van der Waals surface area contributed by atoms with Crippen molar-refractivity contribution in [2.24, 2.45) is 5.92 Å². The van der Waals surface area contributed by atoms with Gasteiger partial charge in [0.2, 0.25) is 0 Å². The molecule has 4 nitrogen and oxygen atoms in total. The molecule has 4 fully saturated rings. The molecule has 4 aliphatic rings. The van der Waals surface area contributed by atoms with Gasteiger partial charge in [-0.2, -0.15) is 0 Å². The van der Waals surface area contributed by atoms with Gasteiger partial charge in [-0.1, -0.05) is 42.5 Å². The highest BCUT2D eigenvalue weighted by Gasteiger charge is 2.54. The first-order valence-electron chi connectivity index (χ1n) is 10.5. The Morgan fingerprint density at radius 1 is 0.929 bits per heavy atom. The van der Waals surface area contributed by atoms with Gasteiger partial charge in [-0.25, -0.2) is 0 Å². The summed E-state index contributed by atoms with van der Waals surface area (Å²) in [7, 11) is 0. The number of hydrogen-bond acceptors (Lipinski definition) is 2. The van der Waals surface area contributed by atoms with E-state index in [2.05, 4.69) is 51.2 Å². The Bertz CT molecular complexity index is 1020. The smallest absolute Gasteiger partial charge is 0.256 e. The Kier molecular flexibility index (Phi) is 3.63. The quantitative estimate of drug-likeness (QED) is 0.743. The number of aromatic nitrogens is 1. The molecule has 5 heterocycles. The van der Waals surface area contributed by atoms with Crippen molar-refractivity contribution in [3.8, 4) is 0 Å². The van der Waals surface area contributed by atoms with Crippen LogP contribution in [0.4, 0.5) is 0 Å². The summed E-state index contributed by atoms with van der Waals surface area (Å²) in [5.74, 6) is 1.23. The third kappa shape index (κ3) is 2.31. The molecule has 7 rings (SSSR count). The van der Waals surface area contributed by atoms with Gasteiger partial charge < -0.3 is 9.88 Å². The lowest BCUT2D eigenvalue weighted by Gasteiger charge is -2.51. The predicted octanol–water partition coefficient (Wildman–Crippen LogP) is 3.87. The van der Waals surface area contributed by atoms with Crippen LogP contribution in [-0.4, -0.2) is 52.4 Å². The van der Waals surface area contributed by atoms with Crippen molar-refractivity contribution in [1.29, 1.82) is 0 Å². The Hall–Kier alpha value is -2.59. The summed E-state index contributed by atoms with van der Waals surface area (Å²) in [5.41, 5.74) is 3.15. The van der Waals surface area contributed by atoms with E-state index in [0.717, 1.165) is 23.0 Å². The highest BCUT2D eigenvalue weighted by atomic mass is 16.2. The minimum atomic E-state index is 0.190. The molecule has 1 aromatic heterocycles. The number of benzene rings is 2. The molecule has 3 atom stereocenters. The van der Waals surface area contributed by atoms with Gasteiger partial charge in [0.1, 0.15) is 0 Å². The van der Waals surface area contributed by atoms with Gasteiger partial charge in [-0.05, 0) is 49.5 Å². The maximum atomic E-state index is 13.8. The molecule has 4 saturated heterocycles. The van der Waals surface area contributed by atoms with Gasteiger partial charge in [-0.3, -0.25) is 9.69 Å². The number of nitrogens with zero attached hydrogens (tertiary/aromatic N) is 2. The van der Waals surface area contributed by atoms with Gasteiger partial charge in [0.25, 0.3) is 5.91 Å². The average molecular weight is 371 g/mol. The average Bonchev–Trinajstić information content (AvgIpc) is 3.41. The lowest BCUT2D eigenvalue weighted by atomic mass is 9.75. The summed E-state index contributed by atoms with van der Waals surface area (Å²) in [6, 6.07) is 19.7. The van der Waals surface area contributed by atoms with E-state index in [9.17, 15) is 4.79 Å². The second-order valence-electron chi connectivity index (χ2n) is 8.58. The van der Waals surface area contributed by atoms with Gasteiger partial charge in [0, 0.05) is 30.1 Å². The molecular weight excluding hydrogens is 346 g/mol. The van der Waals surface area contributed by atoms with Gasteiger partial charge in [0.15, 0.2) is 0 Å². The summed E-state index contributed by atoms with van der Waals surface area (Å²) in [6.45, 7) is 3.19. The molecule has 0 saturated carbocycles. The predicted molar refractivity (Wildman–Crippen MR) is 110 cm³/mol. The first-order valence-corrected chi connectivity index (χ1v) is 10.5. The molecule has 4 aliphatic heterocycles. The Morgan fingerprint density at radius 3 is 2.57 bits per heavy atom. The van der Waals surface area contributed by atoms with Crippen LogP contribution in [0, 0.1) is 5.92 Å². The highest BCUT2D eigenvalue weighted by molar-refractivity contribution is 6.06. The van der Waals surface area contributed by atoms with Crippen LogP contribution in [0.3, 0.4) is 0 Å². The standard InChI is InChI=1S/C24H25N3O/c28-24(19-8-4-7-17-9-12-25-21(17)19)27-15-20(16-5-2-1-3-6-16)23-22(27)18-10-13-26(23)14-11-18/h1-9,12,18,20,22-23,25H,10-11,13-15H2/t20-,22+,23+/m0/s1. The van der Waals surface area contributed by atoms with E-state index in [1.807, 2.05) is 24.4 Å². The molecule has 28 heavy (non-hydrogen) atoms. The lowest BCUT2D eigenvalue weighted by molar-refractivity contribution is -0.00335. The molecule has 0 unspecified atom stereocenters. The topological polar surface area (TPSA) is 39.3 Å². The highest BCUT2D eigenvalue weighted by Crippen LogP contribution is 2.47. The maximum Gasteiger partial charge on any atom is 0.256 e. The van der Waals surface area contributed by atoms with E-state index in [1.54, 1.807) is 0 Å². The zero-order valence-corrected chi connectivity index (χ0v) is 15.9. The Labute approximate surface area is 165 Å². The molecule has 0 radical (unpaired) electrons. The molecule has 1 amide bonds. The fraction of sp³-hybridized carbons (Fsp3) is 0.375. The van der Waals surface area contributed by atoms with Crippen LogP contribution in [-0.2, 0) is 0 Å². The largest absolute Gasteiger partial charge is 0.361 e. The number of likely N-dealkylation sites (tertiary alicyclic amines) is 1. The number of carbonyl (C=O) groups is 1. The SMILES string of the molecule is O=C(c1cccc2cc[nH]c12)N1C[C@@H](c2ccccc2)[C@@H]2[C@H]1C1CCN2CC1. The number of piperidine rings is 3. The van der Waals surface area contributed by atoms with Crippen molar-refractivity contribution in [1.82, 2.24) is 14.8 Å². The molecular formula is C24H25N3O. The summed E-state index contributed by atoms with van der Waals surface area (Å²) in [4.78, 5) is 21.9. The van der Waals surface area contributed by atoms with E-state index < -0.39 is 0 Å². The van der Waals surface area contributed by atoms with Crippen molar-refractivity contribution in [3.63, 3.8) is 0 Å². The lowest BCUT2D eigenvalue weighted by Crippen LogP contribution is -2.60. The van der Waals surface area contributed by atoms with Gasteiger partial charge in [-0.15, -0.1) is 0 Å². The van der Waals surface area contributed by atoms with Crippen LogP contribution in [0.15, 0.2) is 60.8 Å². The molecule has 0 spiro atoms. The van der Waals surface area contributed by atoms with Crippen molar-refractivity contribution in [3.05, 3.63) is 71.9 Å². The van der Waals surface area contributed by atoms with Gasteiger partial charge >= 0.3 is 0 Å². The van der Waals surface area contributed by atoms with Crippen LogP contribution in [0.2, 0.25) is 0 Å². The Balaban J connectivity index is 1.43. The fourth-order valence-corrected chi connectivity index (χ4v) is 6.07. The van der Waals surface area contributed by atoms with E-state index in [1.165, 1.54) is 31.5 Å². The molecule has 4 heteroatoms. The van der Waals surface area contributed by atoms with E-state index >= 15 is 0 Å². The van der Waals surface area contributed by atoms with Crippen LogP contribution in [0.1, 0.15) is 34.7 Å². The third-order valence-electron chi connectivity index (χ3n) is 7.30. The summed E-state index contributed by atoms with van der Waals surface area (Å²) < 4.78 is 0. The number of H-pyrrole nitrogens is 1. The minimum Gasteiger partial charge on any atom is -0.361 e. The zero-order chi connectivity index (χ0) is 18.7. The normalized spacial score (nSPS) is 31.3. The zero-order valence-electron chi connectivity index (χ0n) is 15.9. The monoisotopic (exact) mass is 371 g/mol.